The van der Waals surface area contributed by atoms with Gasteiger partial charge in [-0.1, -0.05) is 0 Å². The number of ether oxygens (including phenoxy) is 2. The zero-order valence-electron chi connectivity index (χ0n) is 11.5. The van der Waals surface area contributed by atoms with E-state index < -0.39 is 0 Å². The third-order valence-electron chi connectivity index (χ3n) is 2.45. The van der Waals surface area contributed by atoms with E-state index in [9.17, 15) is 0 Å². The van der Waals surface area contributed by atoms with Crippen LogP contribution < -0.4 is 20.1 Å². The van der Waals surface area contributed by atoms with E-state index >= 15 is 0 Å². The summed E-state index contributed by atoms with van der Waals surface area (Å²) in [4.78, 5) is 0. The summed E-state index contributed by atoms with van der Waals surface area (Å²) in [7, 11) is 3.23. The molecule has 0 aromatic heterocycles. The number of rotatable bonds is 7. The van der Waals surface area contributed by atoms with Crippen molar-refractivity contribution in [3.05, 3.63) is 18.2 Å². The van der Waals surface area contributed by atoms with Crippen LogP contribution in [0.15, 0.2) is 18.2 Å². The summed E-state index contributed by atoms with van der Waals surface area (Å²) < 4.78 is 10.4. The summed E-state index contributed by atoms with van der Waals surface area (Å²) in [6.45, 7) is 0.875. The number of hydrogen-bond acceptors (Lipinski definition) is 4. The molecular weight excluding hydrogens is 280 g/mol. The standard InChI is InChI=1S/C13H20N2O2S2/c1-16-11-6-5-10(9-12(11)17-2)15-13(18)14-7-4-8-19-3/h5-6,9H,4,7-8H2,1-3H3,(H2,14,15,18). The highest BCUT2D eigenvalue weighted by molar-refractivity contribution is 7.98. The largest absolute Gasteiger partial charge is 0.493 e. The summed E-state index contributed by atoms with van der Waals surface area (Å²) in [5.74, 6) is 2.51. The van der Waals surface area contributed by atoms with E-state index in [4.69, 9.17) is 21.7 Å². The number of benzene rings is 1. The molecule has 0 heterocycles. The van der Waals surface area contributed by atoms with E-state index in [-0.39, 0.29) is 0 Å². The number of hydrogen-bond donors (Lipinski definition) is 2. The Bertz CT molecular complexity index is 414. The van der Waals surface area contributed by atoms with Gasteiger partial charge in [-0.15, -0.1) is 0 Å². The molecule has 0 aliphatic heterocycles. The van der Waals surface area contributed by atoms with E-state index in [1.807, 2.05) is 30.0 Å². The molecule has 0 unspecified atom stereocenters. The second kappa shape index (κ2) is 8.87. The molecule has 0 amide bonds. The van der Waals surface area contributed by atoms with Gasteiger partial charge in [-0.3, -0.25) is 0 Å². The van der Waals surface area contributed by atoms with Gasteiger partial charge in [0.05, 0.1) is 14.2 Å². The van der Waals surface area contributed by atoms with Gasteiger partial charge in [-0.05, 0) is 42.8 Å². The minimum atomic E-state index is 0.619. The van der Waals surface area contributed by atoms with Crippen molar-refractivity contribution < 1.29 is 9.47 Å². The molecule has 0 atom stereocenters. The molecule has 0 radical (unpaired) electrons. The van der Waals surface area contributed by atoms with Crippen molar-refractivity contribution >= 4 is 34.8 Å². The van der Waals surface area contributed by atoms with E-state index in [0.717, 1.165) is 24.4 Å². The SMILES string of the molecule is COc1ccc(NC(=S)NCCCSC)cc1OC. The number of thiocarbonyl (C=S) groups is 1. The van der Waals surface area contributed by atoms with Crippen molar-refractivity contribution in [2.45, 2.75) is 6.42 Å². The lowest BCUT2D eigenvalue weighted by atomic mass is 10.3. The number of anilines is 1. The van der Waals surface area contributed by atoms with Crippen LogP contribution in [0.1, 0.15) is 6.42 Å². The van der Waals surface area contributed by atoms with Crippen LogP contribution in [0.25, 0.3) is 0 Å². The molecule has 0 spiro atoms. The fourth-order valence-electron chi connectivity index (χ4n) is 1.51. The van der Waals surface area contributed by atoms with Crippen molar-refractivity contribution in [3.8, 4) is 11.5 Å². The van der Waals surface area contributed by atoms with Gasteiger partial charge < -0.3 is 20.1 Å². The monoisotopic (exact) mass is 300 g/mol. The first kappa shape index (κ1) is 15.9. The Morgan fingerprint density at radius 3 is 2.63 bits per heavy atom. The number of methoxy groups -OCH3 is 2. The van der Waals surface area contributed by atoms with Gasteiger partial charge in [-0.25, -0.2) is 0 Å². The smallest absolute Gasteiger partial charge is 0.170 e. The van der Waals surface area contributed by atoms with Gasteiger partial charge in [0.15, 0.2) is 16.6 Å². The molecule has 19 heavy (non-hydrogen) atoms. The van der Waals surface area contributed by atoms with Crippen molar-refractivity contribution in [1.82, 2.24) is 5.32 Å². The normalized spacial score (nSPS) is 9.84. The van der Waals surface area contributed by atoms with Gasteiger partial charge in [0.25, 0.3) is 0 Å². The molecule has 1 aromatic rings. The Kier molecular flexibility index (Phi) is 7.43. The zero-order chi connectivity index (χ0) is 14.1. The summed E-state index contributed by atoms with van der Waals surface area (Å²) in [5, 5.41) is 6.91. The quantitative estimate of drug-likeness (QED) is 0.596. The molecule has 106 valence electrons. The molecule has 2 N–H and O–H groups in total. The predicted octanol–water partition coefficient (Wildman–Crippen LogP) is 2.74. The van der Waals surface area contributed by atoms with Crippen LogP contribution in [0.2, 0.25) is 0 Å². The Balaban J connectivity index is 2.50. The van der Waals surface area contributed by atoms with Gasteiger partial charge in [0.2, 0.25) is 0 Å². The second-order valence-electron chi connectivity index (χ2n) is 3.80. The van der Waals surface area contributed by atoms with E-state index in [1.165, 1.54) is 0 Å². The Hall–Kier alpha value is -1.14. The third kappa shape index (κ3) is 5.57. The van der Waals surface area contributed by atoms with E-state index in [0.29, 0.717) is 16.6 Å². The fraction of sp³-hybridized carbons (Fsp3) is 0.462. The molecule has 1 rings (SSSR count). The molecule has 0 aliphatic rings. The Morgan fingerprint density at radius 1 is 1.26 bits per heavy atom. The van der Waals surface area contributed by atoms with Gasteiger partial charge >= 0.3 is 0 Å². The molecule has 4 nitrogen and oxygen atoms in total. The predicted molar refractivity (Wildman–Crippen MR) is 86.8 cm³/mol. The zero-order valence-corrected chi connectivity index (χ0v) is 13.1. The minimum Gasteiger partial charge on any atom is -0.493 e. The van der Waals surface area contributed by atoms with Crippen molar-refractivity contribution in [2.75, 3.05) is 38.1 Å². The molecule has 0 fully saturated rings. The molecule has 6 heteroatoms. The maximum atomic E-state index is 5.24. The van der Waals surface area contributed by atoms with Crippen LogP contribution in [-0.4, -0.2) is 37.9 Å². The van der Waals surface area contributed by atoms with Crippen LogP contribution in [0, 0.1) is 0 Å². The van der Waals surface area contributed by atoms with Gasteiger partial charge in [-0.2, -0.15) is 11.8 Å². The summed E-state index contributed by atoms with van der Waals surface area (Å²) in [5.41, 5.74) is 0.875. The summed E-state index contributed by atoms with van der Waals surface area (Å²) in [6, 6.07) is 5.60. The lowest BCUT2D eigenvalue weighted by Crippen LogP contribution is -2.29. The molecular formula is C13H20N2O2S2. The number of thioether (sulfide) groups is 1. The lowest BCUT2D eigenvalue weighted by molar-refractivity contribution is 0.355. The van der Waals surface area contributed by atoms with Crippen molar-refractivity contribution in [2.24, 2.45) is 0 Å². The first-order valence-corrected chi connectivity index (χ1v) is 7.77. The molecule has 0 aliphatic carbocycles. The summed E-state index contributed by atoms with van der Waals surface area (Å²) in [6.07, 6.45) is 3.19. The molecule has 1 aromatic carbocycles. The van der Waals surface area contributed by atoms with Gasteiger partial charge in [0.1, 0.15) is 0 Å². The first-order valence-electron chi connectivity index (χ1n) is 5.97. The maximum absolute atomic E-state index is 5.24. The molecule has 0 saturated heterocycles. The molecule has 0 bridgehead atoms. The topological polar surface area (TPSA) is 42.5 Å². The highest BCUT2D eigenvalue weighted by Crippen LogP contribution is 2.29. The highest BCUT2D eigenvalue weighted by Gasteiger charge is 2.05. The second-order valence-corrected chi connectivity index (χ2v) is 5.19. The van der Waals surface area contributed by atoms with Crippen LogP contribution in [-0.2, 0) is 0 Å². The average molecular weight is 300 g/mol. The maximum Gasteiger partial charge on any atom is 0.170 e. The highest BCUT2D eigenvalue weighted by atomic mass is 32.2. The number of nitrogens with one attached hydrogen (secondary N) is 2. The first-order chi connectivity index (χ1) is 9.21. The van der Waals surface area contributed by atoms with Crippen LogP contribution >= 0.6 is 24.0 Å². The van der Waals surface area contributed by atoms with E-state index in [1.54, 1.807) is 14.2 Å². The average Bonchev–Trinajstić information content (AvgIpc) is 2.43. The van der Waals surface area contributed by atoms with Gasteiger partial charge in [0, 0.05) is 18.3 Å². The minimum absolute atomic E-state index is 0.619. The van der Waals surface area contributed by atoms with Crippen LogP contribution in [0.5, 0.6) is 11.5 Å². The lowest BCUT2D eigenvalue weighted by Gasteiger charge is -2.13. The third-order valence-corrected chi connectivity index (χ3v) is 3.40. The fourth-order valence-corrected chi connectivity index (χ4v) is 2.16. The van der Waals surface area contributed by atoms with E-state index in [2.05, 4.69) is 16.9 Å². The Morgan fingerprint density at radius 2 is 2.00 bits per heavy atom. The van der Waals surface area contributed by atoms with Crippen molar-refractivity contribution in [3.63, 3.8) is 0 Å². The molecule has 0 saturated carbocycles. The Labute approximate surface area is 124 Å². The van der Waals surface area contributed by atoms with Crippen LogP contribution in [0.3, 0.4) is 0 Å². The van der Waals surface area contributed by atoms with Crippen LogP contribution in [0.4, 0.5) is 5.69 Å². The summed E-state index contributed by atoms with van der Waals surface area (Å²) >= 11 is 7.06. The van der Waals surface area contributed by atoms with Crippen molar-refractivity contribution in [1.29, 1.82) is 0 Å².